The second-order valence-electron chi connectivity index (χ2n) is 7.97. The van der Waals surface area contributed by atoms with Gasteiger partial charge in [0.05, 0.1) is 10.6 Å². The summed E-state index contributed by atoms with van der Waals surface area (Å²) in [6.07, 6.45) is -0.656. The lowest BCUT2D eigenvalue weighted by atomic mass is 10.1. The van der Waals surface area contributed by atoms with Gasteiger partial charge in [-0.25, -0.2) is 14.2 Å². The molecular weight excluding hydrogens is 415 g/mol. The summed E-state index contributed by atoms with van der Waals surface area (Å²) in [5.74, 6) is -0.594. The van der Waals surface area contributed by atoms with Gasteiger partial charge in [0, 0.05) is 29.4 Å². The largest absolute Gasteiger partial charge is 0.444 e. The van der Waals surface area contributed by atoms with Crippen molar-refractivity contribution < 1.29 is 18.8 Å². The zero-order chi connectivity index (χ0) is 23.3. The molecule has 32 heavy (non-hydrogen) atoms. The second-order valence-corrected chi connectivity index (χ2v) is 7.97. The van der Waals surface area contributed by atoms with Crippen LogP contribution < -0.4 is 10.6 Å². The molecule has 8 nitrogen and oxygen atoms in total. The number of carbonyl (C=O) groups is 1. The van der Waals surface area contributed by atoms with Gasteiger partial charge in [-0.05, 0) is 39.0 Å². The standard InChI is InChI=1S/C23H23FN4O4/c1-23(2,3)32-22(29)25-14-16-9-10-17(13-18(16)24)26-21-20(28(30)31)12-11-19(27-21)15-7-5-4-6-8-15/h4-13H,14H2,1-3H3,(H,25,29)(H,26,27). The molecule has 0 aliphatic rings. The van der Waals surface area contributed by atoms with E-state index in [1.54, 1.807) is 32.9 Å². The van der Waals surface area contributed by atoms with Gasteiger partial charge in [0.1, 0.15) is 11.4 Å². The lowest BCUT2D eigenvalue weighted by molar-refractivity contribution is -0.384. The molecule has 0 aliphatic heterocycles. The zero-order valence-electron chi connectivity index (χ0n) is 17.9. The first-order valence-corrected chi connectivity index (χ1v) is 9.85. The predicted molar refractivity (Wildman–Crippen MR) is 119 cm³/mol. The Morgan fingerprint density at radius 1 is 1.12 bits per heavy atom. The van der Waals surface area contributed by atoms with Gasteiger partial charge in [-0.15, -0.1) is 0 Å². The van der Waals surface area contributed by atoms with Gasteiger partial charge in [0.2, 0.25) is 5.82 Å². The number of hydrogen-bond acceptors (Lipinski definition) is 6. The first kappa shape index (κ1) is 22.7. The number of carbonyl (C=O) groups excluding carboxylic acids is 1. The minimum absolute atomic E-state index is 0.00427. The Kier molecular flexibility index (Phi) is 6.67. The highest BCUT2D eigenvalue weighted by molar-refractivity contribution is 5.71. The molecule has 3 aromatic rings. The van der Waals surface area contributed by atoms with E-state index in [0.717, 1.165) is 5.56 Å². The fraction of sp³-hybridized carbons (Fsp3) is 0.217. The van der Waals surface area contributed by atoms with Gasteiger partial charge in [-0.1, -0.05) is 36.4 Å². The van der Waals surface area contributed by atoms with Gasteiger partial charge in [0.25, 0.3) is 0 Å². The molecule has 0 aliphatic carbocycles. The van der Waals surface area contributed by atoms with Crippen LogP contribution in [0.3, 0.4) is 0 Å². The van der Waals surface area contributed by atoms with Gasteiger partial charge in [-0.2, -0.15) is 0 Å². The van der Waals surface area contributed by atoms with Crippen LogP contribution in [0.15, 0.2) is 60.7 Å². The van der Waals surface area contributed by atoms with E-state index in [1.807, 2.05) is 30.3 Å². The van der Waals surface area contributed by atoms with E-state index in [1.165, 1.54) is 18.2 Å². The molecule has 1 aromatic heterocycles. The average molecular weight is 438 g/mol. The Hall–Kier alpha value is -4.01. The molecule has 2 aromatic carbocycles. The summed E-state index contributed by atoms with van der Waals surface area (Å²) in [5, 5.41) is 16.7. The van der Waals surface area contributed by atoms with Crippen LogP contribution in [0.2, 0.25) is 0 Å². The molecule has 0 saturated carbocycles. The second kappa shape index (κ2) is 9.42. The van der Waals surface area contributed by atoms with Crippen LogP contribution in [0.25, 0.3) is 11.3 Å². The summed E-state index contributed by atoms with van der Waals surface area (Å²) in [4.78, 5) is 27.0. The monoisotopic (exact) mass is 438 g/mol. The van der Waals surface area contributed by atoms with Crippen molar-refractivity contribution in [3.05, 3.63) is 82.2 Å². The van der Waals surface area contributed by atoms with E-state index in [2.05, 4.69) is 15.6 Å². The van der Waals surface area contributed by atoms with Crippen LogP contribution in [0.5, 0.6) is 0 Å². The Morgan fingerprint density at radius 2 is 1.84 bits per heavy atom. The summed E-state index contributed by atoms with van der Waals surface area (Å²) < 4.78 is 19.7. The highest BCUT2D eigenvalue weighted by Crippen LogP contribution is 2.29. The van der Waals surface area contributed by atoms with Crippen LogP contribution in [0.4, 0.5) is 26.4 Å². The molecule has 1 amide bonds. The van der Waals surface area contributed by atoms with Crippen LogP contribution in [-0.4, -0.2) is 21.6 Å². The molecule has 2 N–H and O–H groups in total. The van der Waals surface area contributed by atoms with Gasteiger partial charge in [0.15, 0.2) is 0 Å². The number of benzene rings is 2. The number of nitro groups is 1. The van der Waals surface area contributed by atoms with Gasteiger partial charge in [-0.3, -0.25) is 10.1 Å². The normalized spacial score (nSPS) is 11.0. The first-order valence-electron chi connectivity index (χ1n) is 9.85. The Bertz CT molecular complexity index is 1130. The van der Waals surface area contributed by atoms with Gasteiger partial charge < -0.3 is 15.4 Å². The highest BCUT2D eigenvalue weighted by atomic mass is 19.1. The number of aromatic nitrogens is 1. The summed E-state index contributed by atoms with van der Waals surface area (Å²) in [7, 11) is 0. The SMILES string of the molecule is CC(C)(C)OC(=O)NCc1ccc(Nc2nc(-c3ccccc3)ccc2[N+](=O)[O-])cc1F. The van der Waals surface area contributed by atoms with Crippen molar-refractivity contribution in [2.75, 3.05) is 5.32 Å². The van der Waals surface area contributed by atoms with Crippen molar-refractivity contribution in [1.82, 2.24) is 10.3 Å². The minimum atomic E-state index is -0.660. The summed E-state index contributed by atoms with van der Waals surface area (Å²) >= 11 is 0. The number of pyridine rings is 1. The number of nitrogens with zero attached hydrogens (tertiary/aromatic N) is 2. The van der Waals surface area contributed by atoms with Crippen LogP contribution in [0, 0.1) is 15.9 Å². The molecule has 9 heteroatoms. The molecule has 1 heterocycles. The number of ether oxygens (including phenoxy) is 1. The van der Waals surface area contributed by atoms with E-state index in [-0.39, 0.29) is 29.3 Å². The summed E-state index contributed by atoms with van der Waals surface area (Å²) in [6.45, 7) is 5.12. The number of amides is 1. The Morgan fingerprint density at radius 3 is 2.47 bits per heavy atom. The maximum absolute atomic E-state index is 14.6. The third kappa shape index (κ3) is 6.00. The predicted octanol–water partition coefficient (Wildman–Crippen LogP) is 5.56. The number of nitrogens with one attached hydrogen (secondary N) is 2. The summed E-state index contributed by atoms with van der Waals surface area (Å²) in [5.41, 5.74) is 0.955. The maximum atomic E-state index is 14.6. The molecule has 166 valence electrons. The van der Waals surface area contributed by atoms with E-state index in [4.69, 9.17) is 4.74 Å². The fourth-order valence-electron chi connectivity index (χ4n) is 2.85. The van der Waals surface area contributed by atoms with Gasteiger partial charge >= 0.3 is 11.8 Å². The molecule has 0 bridgehead atoms. The van der Waals surface area contributed by atoms with Crippen molar-refractivity contribution in [2.24, 2.45) is 0 Å². The van der Waals surface area contributed by atoms with Crippen LogP contribution >= 0.6 is 0 Å². The maximum Gasteiger partial charge on any atom is 0.407 e. The third-order valence-corrected chi connectivity index (χ3v) is 4.28. The topological polar surface area (TPSA) is 106 Å². The molecule has 3 rings (SSSR count). The van der Waals surface area contributed by atoms with Crippen LogP contribution in [-0.2, 0) is 11.3 Å². The first-order chi connectivity index (χ1) is 15.1. The van der Waals surface area contributed by atoms with Crippen LogP contribution in [0.1, 0.15) is 26.3 Å². The molecule has 0 saturated heterocycles. The Balaban J connectivity index is 1.79. The van der Waals surface area contributed by atoms with Crippen molar-refractivity contribution in [1.29, 1.82) is 0 Å². The lowest BCUT2D eigenvalue weighted by Crippen LogP contribution is -2.32. The zero-order valence-corrected chi connectivity index (χ0v) is 17.9. The van der Waals surface area contributed by atoms with E-state index < -0.39 is 22.4 Å². The molecule has 0 fully saturated rings. The molecule has 0 unspecified atom stereocenters. The van der Waals surface area contributed by atoms with Crippen molar-refractivity contribution >= 4 is 23.3 Å². The number of alkyl carbamates (subject to hydrolysis) is 1. The summed E-state index contributed by atoms with van der Waals surface area (Å²) in [6, 6.07) is 16.3. The van der Waals surface area contributed by atoms with E-state index >= 15 is 0 Å². The number of rotatable bonds is 6. The number of halogens is 1. The number of hydrogen-bond donors (Lipinski definition) is 2. The highest BCUT2D eigenvalue weighted by Gasteiger charge is 2.18. The lowest BCUT2D eigenvalue weighted by Gasteiger charge is -2.19. The molecule has 0 atom stereocenters. The molecule has 0 spiro atoms. The van der Waals surface area contributed by atoms with E-state index in [9.17, 15) is 19.3 Å². The third-order valence-electron chi connectivity index (χ3n) is 4.28. The van der Waals surface area contributed by atoms with Crippen molar-refractivity contribution in [3.8, 4) is 11.3 Å². The minimum Gasteiger partial charge on any atom is -0.444 e. The molecular formula is C23H23FN4O4. The molecule has 0 radical (unpaired) electrons. The quantitative estimate of drug-likeness (QED) is 0.385. The number of anilines is 2. The Labute approximate surface area is 184 Å². The fourth-order valence-corrected chi connectivity index (χ4v) is 2.85. The van der Waals surface area contributed by atoms with Crippen molar-refractivity contribution in [2.45, 2.75) is 32.9 Å². The smallest absolute Gasteiger partial charge is 0.407 e. The van der Waals surface area contributed by atoms with Crippen molar-refractivity contribution in [3.63, 3.8) is 0 Å². The van der Waals surface area contributed by atoms with E-state index in [0.29, 0.717) is 5.69 Å². The average Bonchev–Trinajstić information content (AvgIpc) is 2.72.